The van der Waals surface area contributed by atoms with Crippen molar-refractivity contribution in [2.75, 3.05) is 23.3 Å². The molecule has 0 unspecified atom stereocenters. The lowest BCUT2D eigenvalue weighted by molar-refractivity contribution is 0.102. The average molecular weight is 438 g/mol. The minimum absolute atomic E-state index is 0.181. The van der Waals surface area contributed by atoms with Gasteiger partial charge in [-0.2, -0.15) is 0 Å². The van der Waals surface area contributed by atoms with E-state index < -0.39 is 0 Å². The molecule has 1 fully saturated rings. The molecule has 0 aliphatic heterocycles. The number of amides is 1. The maximum atomic E-state index is 12.8. The van der Waals surface area contributed by atoms with Gasteiger partial charge in [-0.05, 0) is 66.3 Å². The van der Waals surface area contributed by atoms with Gasteiger partial charge in [-0.25, -0.2) is 4.98 Å². The third-order valence-electron chi connectivity index (χ3n) is 5.05. The molecule has 0 radical (unpaired) electrons. The number of fused-ring (bicyclic) bond motifs is 1. The fraction of sp³-hybridized carbons (Fsp3) is 0.304. The van der Waals surface area contributed by atoms with Crippen molar-refractivity contribution in [3.05, 3.63) is 64.8 Å². The van der Waals surface area contributed by atoms with E-state index in [0.717, 1.165) is 52.2 Å². The molecule has 144 valence electrons. The number of nitrogens with one attached hydrogen (secondary N) is 1. The second-order valence-electron chi connectivity index (χ2n) is 7.40. The Morgan fingerprint density at radius 1 is 1.18 bits per heavy atom. The molecule has 1 amide bonds. The number of pyridine rings is 1. The predicted octanol–water partition coefficient (Wildman–Crippen LogP) is 5.88. The van der Waals surface area contributed by atoms with Crippen LogP contribution in [-0.4, -0.2) is 24.0 Å². The quantitative estimate of drug-likeness (QED) is 0.501. The molecule has 4 rings (SSSR count). The Balaban J connectivity index is 1.53. The highest BCUT2D eigenvalue weighted by Gasteiger charge is 2.25. The molecule has 5 heteroatoms. The van der Waals surface area contributed by atoms with Gasteiger partial charge in [0.25, 0.3) is 5.91 Å². The molecule has 28 heavy (non-hydrogen) atoms. The molecular weight excluding hydrogens is 414 g/mol. The summed E-state index contributed by atoms with van der Waals surface area (Å²) in [6.45, 7) is 4.17. The summed E-state index contributed by atoms with van der Waals surface area (Å²) in [6.07, 6.45) is 3.68. The molecule has 1 saturated carbocycles. The lowest BCUT2D eigenvalue weighted by Gasteiger charge is -2.23. The third kappa shape index (κ3) is 4.36. The first kappa shape index (κ1) is 18.9. The van der Waals surface area contributed by atoms with Gasteiger partial charge in [-0.3, -0.25) is 4.79 Å². The van der Waals surface area contributed by atoms with Gasteiger partial charge in [-0.15, -0.1) is 0 Å². The molecule has 1 N–H and O–H groups in total. The number of anilines is 2. The molecule has 1 heterocycles. The molecule has 1 aromatic heterocycles. The fourth-order valence-electron chi connectivity index (χ4n) is 3.42. The molecule has 4 nitrogen and oxygen atoms in total. The van der Waals surface area contributed by atoms with Crippen LogP contribution in [0.3, 0.4) is 0 Å². The van der Waals surface area contributed by atoms with Gasteiger partial charge in [0.05, 0.1) is 0 Å². The average Bonchev–Trinajstić information content (AvgIpc) is 3.52. The number of hydrogen-bond acceptors (Lipinski definition) is 3. The summed E-state index contributed by atoms with van der Waals surface area (Å²) in [6, 6.07) is 17.7. The van der Waals surface area contributed by atoms with Gasteiger partial charge in [-0.1, -0.05) is 47.1 Å². The van der Waals surface area contributed by atoms with Crippen molar-refractivity contribution in [2.45, 2.75) is 26.2 Å². The van der Waals surface area contributed by atoms with E-state index in [9.17, 15) is 4.79 Å². The lowest BCUT2D eigenvalue weighted by Crippen LogP contribution is -2.28. The van der Waals surface area contributed by atoms with Crippen molar-refractivity contribution >= 4 is 44.1 Å². The molecular formula is C23H24BrN3O. The van der Waals surface area contributed by atoms with E-state index in [1.807, 2.05) is 48.5 Å². The number of hydrogen-bond donors (Lipinski definition) is 1. The normalized spacial score (nSPS) is 13.5. The highest BCUT2D eigenvalue weighted by atomic mass is 79.9. The summed E-state index contributed by atoms with van der Waals surface area (Å²) >= 11 is 3.56. The van der Waals surface area contributed by atoms with Gasteiger partial charge in [0.1, 0.15) is 11.5 Å². The monoisotopic (exact) mass is 437 g/mol. The van der Waals surface area contributed by atoms with E-state index in [2.05, 4.69) is 38.1 Å². The van der Waals surface area contributed by atoms with Crippen molar-refractivity contribution in [3.8, 4) is 0 Å². The molecule has 2 aromatic carbocycles. The standard InChI is InChI=1S/C23H24BrN3O/c1-2-13-27(15-16-9-10-16)22-8-4-7-21(26-22)23(28)25-18-11-12-19-17(14-18)5-3-6-20(19)24/h3-8,11-12,14,16H,2,9-10,13,15H2,1H3,(H,25,28). The van der Waals surface area contributed by atoms with Crippen LogP contribution < -0.4 is 10.2 Å². The molecule has 1 aliphatic rings. The van der Waals surface area contributed by atoms with Crippen molar-refractivity contribution in [2.24, 2.45) is 5.92 Å². The Hall–Kier alpha value is -2.40. The lowest BCUT2D eigenvalue weighted by atomic mass is 10.1. The van der Waals surface area contributed by atoms with E-state index in [4.69, 9.17) is 0 Å². The fourth-order valence-corrected chi connectivity index (χ4v) is 3.94. The Morgan fingerprint density at radius 2 is 2.00 bits per heavy atom. The van der Waals surface area contributed by atoms with Gasteiger partial charge >= 0.3 is 0 Å². The van der Waals surface area contributed by atoms with Crippen LogP contribution >= 0.6 is 15.9 Å². The SMILES string of the molecule is CCCN(CC1CC1)c1cccc(C(=O)Nc2ccc3c(Br)cccc3c2)n1. The zero-order valence-electron chi connectivity index (χ0n) is 16.0. The van der Waals surface area contributed by atoms with E-state index >= 15 is 0 Å². The molecule has 0 saturated heterocycles. The Bertz CT molecular complexity index is 1000. The summed E-state index contributed by atoms with van der Waals surface area (Å²) in [4.78, 5) is 19.7. The Kier molecular flexibility index (Phi) is 5.62. The smallest absolute Gasteiger partial charge is 0.274 e. The minimum Gasteiger partial charge on any atom is -0.356 e. The Morgan fingerprint density at radius 3 is 2.79 bits per heavy atom. The van der Waals surface area contributed by atoms with Gasteiger partial charge < -0.3 is 10.2 Å². The first-order chi connectivity index (χ1) is 13.6. The minimum atomic E-state index is -0.181. The molecule has 0 atom stereocenters. The van der Waals surface area contributed by atoms with Crippen molar-refractivity contribution in [1.82, 2.24) is 4.98 Å². The molecule has 1 aliphatic carbocycles. The molecule has 3 aromatic rings. The highest BCUT2D eigenvalue weighted by Crippen LogP contribution is 2.31. The first-order valence-corrected chi connectivity index (χ1v) is 10.6. The van der Waals surface area contributed by atoms with Crippen molar-refractivity contribution < 1.29 is 4.79 Å². The van der Waals surface area contributed by atoms with Crippen molar-refractivity contribution in [3.63, 3.8) is 0 Å². The maximum absolute atomic E-state index is 12.8. The van der Waals surface area contributed by atoms with E-state index in [-0.39, 0.29) is 5.91 Å². The summed E-state index contributed by atoms with van der Waals surface area (Å²) < 4.78 is 1.05. The van der Waals surface area contributed by atoms with Crippen LogP contribution in [0.15, 0.2) is 59.1 Å². The van der Waals surface area contributed by atoms with Crippen LogP contribution in [-0.2, 0) is 0 Å². The van der Waals surface area contributed by atoms with Gasteiger partial charge in [0, 0.05) is 23.2 Å². The van der Waals surface area contributed by atoms with Crippen LogP contribution in [0.1, 0.15) is 36.7 Å². The predicted molar refractivity (Wildman–Crippen MR) is 119 cm³/mol. The maximum Gasteiger partial charge on any atom is 0.274 e. The highest BCUT2D eigenvalue weighted by molar-refractivity contribution is 9.10. The van der Waals surface area contributed by atoms with Crippen LogP contribution in [0.2, 0.25) is 0 Å². The summed E-state index contributed by atoms with van der Waals surface area (Å²) in [7, 11) is 0. The summed E-state index contributed by atoms with van der Waals surface area (Å²) in [5.41, 5.74) is 1.22. The molecule has 0 spiro atoms. The molecule has 0 bridgehead atoms. The number of rotatable bonds is 7. The van der Waals surface area contributed by atoms with Crippen molar-refractivity contribution in [1.29, 1.82) is 0 Å². The zero-order chi connectivity index (χ0) is 19.5. The largest absolute Gasteiger partial charge is 0.356 e. The Labute approximate surface area is 174 Å². The second kappa shape index (κ2) is 8.31. The topological polar surface area (TPSA) is 45.2 Å². The summed E-state index contributed by atoms with van der Waals surface area (Å²) in [5.74, 6) is 1.49. The summed E-state index contributed by atoms with van der Waals surface area (Å²) in [5, 5.41) is 5.18. The second-order valence-corrected chi connectivity index (χ2v) is 8.25. The van der Waals surface area contributed by atoms with E-state index in [1.165, 1.54) is 12.8 Å². The van der Waals surface area contributed by atoms with Crippen LogP contribution in [0.25, 0.3) is 10.8 Å². The number of halogens is 1. The van der Waals surface area contributed by atoms with Crippen LogP contribution in [0.5, 0.6) is 0 Å². The third-order valence-corrected chi connectivity index (χ3v) is 5.74. The van der Waals surface area contributed by atoms with E-state index in [0.29, 0.717) is 5.69 Å². The van der Waals surface area contributed by atoms with Crippen LogP contribution in [0.4, 0.5) is 11.5 Å². The van der Waals surface area contributed by atoms with Gasteiger partial charge in [0.2, 0.25) is 0 Å². The van der Waals surface area contributed by atoms with Gasteiger partial charge in [0.15, 0.2) is 0 Å². The first-order valence-electron chi connectivity index (χ1n) is 9.85. The van der Waals surface area contributed by atoms with E-state index in [1.54, 1.807) is 6.07 Å². The number of carbonyl (C=O) groups excluding carboxylic acids is 1. The number of benzene rings is 2. The zero-order valence-corrected chi connectivity index (χ0v) is 17.6. The number of aromatic nitrogens is 1. The number of nitrogens with zero attached hydrogens (tertiary/aromatic N) is 2. The van der Waals surface area contributed by atoms with Crippen LogP contribution in [0, 0.1) is 5.92 Å². The number of carbonyl (C=O) groups is 1.